The van der Waals surface area contributed by atoms with Crippen LogP contribution in [0.4, 0.5) is 14.5 Å². The first-order valence-corrected chi connectivity index (χ1v) is 3.74. The number of anilines is 1. The second-order valence-corrected chi connectivity index (χ2v) is 2.54. The first-order chi connectivity index (χ1) is 6.54. The number of alkyl halides is 2. The van der Waals surface area contributed by atoms with Gasteiger partial charge in [0, 0.05) is 6.20 Å². The summed E-state index contributed by atoms with van der Waals surface area (Å²) in [5.41, 5.74) is 5.24. The van der Waals surface area contributed by atoms with E-state index in [2.05, 4.69) is 9.84 Å². The smallest absolute Gasteiger partial charge is 0.360 e. The van der Waals surface area contributed by atoms with Gasteiger partial charge < -0.3 is 10.5 Å². The number of halogens is 2. The molecular weight excluding hydrogens is 196 g/mol. The quantitative estimate of drug-likeness (QED) is 0.730. The standard InChI is InChI=1S/C7H9F2N3O2/c1-14-7(13)6-4(10)2-12(11-6)3-5(8)9/h2,5H,3,10H2,1H3. The Kier molecular flexibility index (Phi) is 3.00. The Morgan fingerprint density at radius 1 is 1.79 bits per heavy atom. The van der Waals surface area contributed by atoms with Gasteiger partial charge >= 0.3 is 5.97 Å². The number of aromatic nitrogens is 2. The van der Waals surface area contributed by atoms with Crippen LogP contribution in [0.2, 0.25) is 0 Å². The van der Waals surface area contributed by atoms with E-state index in [0.717, 1.165) is 11.8 Å². The van der Waals surface area contributed by atoms with E-state index in [4.69, 9.17) is 5.73 Å². The van der Waals surface area contributed by atoms with Gasteiger partial charge in [0.25, 0.3) is 6.43 Å². The number of carbonyl (C=O) groups is 1. The lowest BCUT2D eigenvalue weighted by atomic mass is 10.4. The summed E-state index contributed by atoms with van der Waals surface area (Å²) in [7, 11) is 1.16. The van der Waals surface area contributed by atoms with E-state index in [1.165, 1.54) is 6.20 Å². The van der Waals surface area contributed by atoms with Gasteiger partial charge in [0.2, 0.25) is 0 Å². The van der Waals surface area contributed by atoms with Gasteiger partial charge in [0.1, 0.15) is 6.54 Å². The number of nitrogens with zero attached hydrogens (tertiary/aromatic N) is 2. The largest absolute Gasteiger partial charge is 0.464 e. The fraction of sp³-hybridized carbons (Fsp3) is 0.429. The zero-order valence-corrected chi connectivity index (χ0v) is 7.41. The molecule has 1 aromatic heterocycles. The van der Waals surface area contributed by atoms with E-state index in [9.17, 15) is 13.6 Å². The maximum Gasteiger partial charge on any atom is 0.360 e. The third-order valence-electron chi connectivity index (χ3n) is 1.49. The number of methoxy groups -OCH3 is 1. The maximum atomic E-state index is 11.9. The Hall–Kier alpha value is -1.66. The van der Waals surface area contributed by atoms with Crippen LogP contribution in [-0.4, -0.2) is 29.3 Å². The molecule has 14 heavy (non-hydrogen) atoms. The predicted octanol–water partition coefficient (Wildman–Crippen LogP) is 0.517. The molecule has 0 fully saturated rings. The Bertz CT molecular complexity index is 338. The summed E-state index contributed by atoms with van der Waals surface area (Å²) in [5, 5.41) is 3.56. The lowest BCUT2D eigenvalue weighted by molar-refractivity contribution is 0.0591. The molecular formula is C7H9F2N3O2. The highest BCUT2D eigenvalue weighted by Crippen LogP contribution is 2.11. The van der Waals surface area contributed by atoms with E-state index in [1.807, 2.05) is 0 Å². The first-order valence-electron chi connectivity index (χ1n) is 3.74. The fourth-order valence-corrected chi connectivity index (χ4v) is 0.927. The minimum atomic E-state index is -2.54. The SMILES string of the molecule is COC(=O)c1nn(CC(F)F)cc1N. The van der Waals surface area contributed by atoms with Gasteiger partial charge in [-0.25, -0.2) is 13.6 Å². The number of nitrogen functional groups attached to an aromatic ring is 1. The minimum Gasteiger partial charge on any atom is -0.464 e. The maximum absolute atomic E-state index is 11.9. The highest BCUT2D eigenvalue weighted by Gasteiger charge is 2.16. The van der Waals surface area contributed by atoms with E-state index in [-0.39, 0.29) is 11.4 Å². The average molecular weight is 205 g/mol. The molecule has 0 saturated heterocycles. The van der Waals surface area contributed by atoms with E-state index < -0.39 is 18.9 Å². The van der Waals surface area contributed by atoms with Crippen molar-refractivity contribution < 1.29 is 18.3 Å². The van der Waals surface area contributed by atoms with Crippen molar-refractivity contribution in [2.75, 3.05) is 12.8 Å². The van der Waals surface area contributed by atoms with E-state index in [0.29, 0.717) is 0 Å². The summed E-state index contributed by atoms with van der Waals surface area (Å²) in [5.74, 6) is -0.740. The van der Waals surface area contributed by atoms with Crippen molar-refractivity contribution in [3.05, 3.63) is 11.9 Å². The van der Waals surface area contributed by atoms with Crippen LogP contribution in [0.15, 0.2) is 6.20 Å². The summed E-state index contributed by atoms with van der Waals surface area (Å²) in [6, 6.07) is 0. The predicted molar refractivity (Wildman–Crippen MR) is 44.0 cm³/mol. The molecule has 0 aliphatic carbocycles. The minimum absolute atomic E-state index is 0.0255. The Balaban J connectivity index is 2.87. The molecule has 0 spiro atoms. The summed E-state index contributed by atoms with van der Waals surface area (Å²) in [6.07, 6.45) is -1.38. The number of nitrogens with two attached hydrogens (primary N) is 1. The summed E-state index contributed by atoms with van der Waals surface area (Å²) in [4.78, 5) is 11.0. The van der Waals surface area contributed by atoms with Gasteiger partial charge in [-0.1, -0.05) is 0 Å². The third-order valence-corrected chi connectivity index (χ3v) is 1.49. The molecule has 0 aromatic carbocycles. The summed E-state index contributed by atoms with van der Waals surface area (Å²) in [6.45, 7) is -0.596. The van der Waals surface area contributed by atoms with Gasteiger partial charge in [0.15, 0.2) is 5.69 Å². The van der Waals surface area contributed by atoms with Crippen LogP contribution in [0, 0.1) is 0 Å². The van der Waals surface area contributed by atoms with Gasteiger partial charge in [-0.2, -0.15) is 5.10 Å². The van der Waals surface area contributed by atoms with Crippen molar-refractivity contribution in [3.8, 4) is 0 Å². The molecule has 0 bridgehead atoms. The molecule has 0 saturated carbocycles. The number of carbonyl (C=O) groups excluding carboxylic acids is 1. The number of hydrogen-bond donors (Lipinski definition) is 1. The van der Waals surface area contributed by atoms with Crippen molar-refractivity contribution in [2.45, 2.75) is 13.0 Å². The Morgan fingerprint density at radius 2 is 2.43 bits per heavy atom. The average Bonchev–Trinajstić information content (AvgIpc) is 2.44. The molecule has 0 atom stereocenters. The number of esters is 1. The third kappa shape index (κ3) is 2.18. The van der Waals surface area contributed by atoms with Gasteiger partial charge in [-0.05, 0) is 0 Å². The van der Waals surface area contributed by atoms with E-state index >= 15 is 0 Å². The Labute approximate surface area is 78.4 Å². The second kappa shape index (κ2) is 4.03. The van der Waals surface area contributed by atoms with Crippen molar-refractivity contribution in [2.24, 2.45) is 0 Å². The molecule has 0 aliphatic rings. The zero-order valence-electron chi connectivity index (χ0n) is 7.41. The van der Waals surface area contributed by atoms with Crippen molar-refractivity contribution >= 4 is 11.7 Å². The van der Waals surface area contributed by atoms with E-state index in [1.54, 1.807) is 0 Å². The molecule has 1 heterocycles. The van der Waals surface area contributed by atoms with Crippen molar-refractivity contribution in [1.29, 1.82) is 0 Å². The van der Waals surface area contributed by atoms with Gasteiger partial charge in [0.05, 0.1) is 12.8 Å². The van der Waals surface area contributed by atoms with Gasteiger partial charge in [-0.3, -0.25) is 4.68 Å². The topological polar surface area (TPSA) is 70.1 Å². The highest BCUT2D eigenvalue weighted by molar-refractivity contribution is 5.92. The van der Waals surface area contributed by atoms with Crippen LogP contribution in [0.3, 0.4) is 0 Å². The lowest BCUT2D eigenvalue weighted by Gasteiger charge is -1.97. The van der Waals surface area contributed by atoms with Crippen LogP contribution < -0.4 is 5.73 Å². The number of ether oxygens (including phenoxy) is 1. The molecule has 78 valence electrons. The molecule has 1 rings (SSSR count). The molecule has 0 radical (unpaired) electrons. The first kappa shape index (κ1) is 10.4. The molecule has 1 aromatic rings. The summed E-state index contributed by atoms with van der Waals surface area (Å²) >= 11 is 0. The lowest BCUT2D eigenvalue weighted by Crippen LogP contribution is -2.09. The Morgan fingerprint density at radius 3 is 2.93 bits per heavy atom. The fourth-order valence-electron chi connectivity index (χ4n) is 0.927. The second-order valence-electron chi connectivity index (χ2n) is 2.54. The highest BCUT2D eigenvalue weighted by atomic mass is 19.3. The normalized spacial score (nSPS) is 10.6. The molecule has 2 N–H and O–H groups in total. The molecule has 0 aliphatic heterocycles. The van der Waals surface area contributed by atoms with Crippen LogP contribution in [0.1, 0.15) is 10.5 Å². The summed E-state index contributed by atoms with van der Waals surface area (Å²) < 4.78 is 29.1. The van der Waals surface area contributed by atoms with Gasteiger partial charge in [-0.15, -0.1) is 0 Å². The van der Waals surface area contributed by atoms with Crippen LogP contribution in [0.5, 0.6) is 0 Å². The molecule has 5 nitrogen and oxygen atoms in total. The number of rotatable bonds is 3. The van der Waals surface area contributed by atoms with Crippen molar-refractivity contribution in [3.63, 3.8) is 0 Å². The zero-order chi connectivity index (χ0) is 10.7. The van der Waals surface area contributed by atoms with Crippen LogP contribution in [-0.2, 0) is 11.3 Å². The van der Waals surface area contributed by atoms with Crippen LogP contribution in [0.25, 0.3) is 0 Å². The van der Waals surface area contributed by atoms with Crippen molar-refractivity contribution in [1.82, 2.24) is 9.78 Å². The molecule has 7 heteroatoms. The number of hydrogen-bond acceptors (Lipinski definition) is 4. The molecule has 0 amide bonds. The van der Waals surface area contributed by atoms with Crippen LogP contribution >= 0.6 is 0 Å². The molecule has 0 unspecified atom stereocenters. The monoisotopic (exact) mass is 205 g/mol.